The standard InChI is InChI=1S/C8H10N2O.ClH/c11-8-3-1-2-4-10(8)7-5-9-6-7;/h1-4,7,9H,5-6H2;1H. The molecule has 12 heavy (non-hydrogen) atoms. The molecule has 1 aliphatic heterocycles. The van der Waals surface area contributed by atoms with Crippen LogP contribution in [0.4, 0.5) is 0 Å². The molecular weight excluding hydrogens is 176 g/mol. The summed E-state index contributed by atoms with van der Waals surface area (Å²) in [5.41, 5.74) is 0.0963. The van der Waals surface area contributed by atoms with Gasteiger partial charge in [-0.15, -0.1) is 12.4 Å². The van der Waals surface area contributed by atoms with Gasteiger partial charge in [0.2, 0.25) is 0 Å². The third kappa shape index (κ3) is 1.52. The lowest BCUT2D eigenvalue weighted by Gasteiger charge is -2.28. The monoisotopic (exact) mass is 186 g/mol. The summed E-state index contributed by atoms with van der Waals surface area (Å²) in [6.45, 7) is 1.84. The van der Waals surface area contributed by atoms with E-state index in [9.17, 15) is 4.79 Å². The Bertz CT molecular complexity index is 306. The first-order chi connectivity index (χ1) is 5.38. The van der Waals surface area contributed by atoms with Crippen molar-refractivity contribution in [3.63, 3.8) is 0 Å². The molecule has 0 unspecified atom stereocenters. The van der Waals surface area contributed by atoms with Crippen LogP contribution in [0.2, 0.25) is 0 Å². The quantitative estimate of drug-likeness (QED) is 0.690. The van der Waals surface area contributed by atoms with Crippen molar-refractivity contribution in [1.82, 2.24) is 9.88 Å². The first kappa shape index (κ1) is 9.29. The molecule has 2 heterocycles. The highest BCUT2D eigenvalue weighted by atomic mass is 35.5. The van der Waals surface area contributed by atoms with Crippen LogP contribution in [0.15, 0.2) is 29.2 Å². The molecule has 4 heteroatoms. The molecule has 1 fully saturated rings. The van der Waals surface area contributed by atoms with Crippen LogP contribution in [0.25, 0.3) is 0 Å². The summed E-state index contributed by atoms with van der Waals surface area (Å²) in [5.74, 6) is 0. The number of halogens is 1. The Balaban J connectivity index is 0.000000720. The normalized spacial score (nSPS) is 16.3. The highest BCUT2D eigenvalue weighted by Crippen LogP contribution is 2.06. The predicted molar refractivity (Wildman–Crippen MR) is 49.9 cm³/mol. The van der Waals surface area contributed by atoms with Crippen LogP contribution in [0.1, 0.15) is 6.04 Å². The average Bonchev–Trinajstić information content (AvgIpc) is 1.90. The van der Waals surface area contributed by atoms with E-state index in [0.29, 0.717) is 6.04 Å². The average molecular weight is 187 g/mol. The second-order valence-corrected chi connectivity index (χ2v) is 2.76. The van der Waals surface area contributed by atoms with E-state index in [1.807, 2.05) is 12.3 Å². The SMILES string of the molecule is Cl.O=c1ccccn1C1CNC1. The third-order valence-corrected chi connectivity index (χ3v) is 2.00. The van der Waals surface area contributed by atoms with Crippen molar-refractivity contribution >= 4 is 12.4 Å². The van der Waals surface area contributed by atoms with Gasteiger partial charge in [0.05, 0.1) is 6.04 Å². The number of nitrogens with zero attached hydrogens (tertiary/aromatic N) is 1. The fourth-order valence-corrected chi connectivity index (χ4v) is 1.21. The van der Waals surface area contributed by atoms with Gasteiger partial charge in [-0.25, -0.2) is 0 Å². The summed E-state index contributed by atoms with van der Waals surface area (Å²) in [4.78, 5) is 11.2. The number of pyridine rings is 1. The molecule has 1 aromatic rings. The Morgan fingerprint density at radius 1 is 1.42 bits per heavy atom. The molecule has 66 valence electrons. The maximum absolute atomic E-state index is 11.2. The van der Waals surface area contributed by atoms with Gasteiger partial charge in [-0.2, -0.15) is 0 Å². The molecule has 1 N–H and O–H groups in total. The molecule has 0 bridgehead atoms. The Morgan fingerprint density at radius 3 is 2.67 bits per heavy atom. The second kappa shape index (κ2) is 3.74. The van der Waals surface area contributed by atoms with Crippen LogP contribution < -0.4 is 10.9 Å². The smallest absolute Gasteiger partial charge is 0.250 e. The summed E-state index contributed by atoms with van der Waals surface area (Å²) in [6.07, 6.45) is 1.84. The van der Waals surface area contributed by atoms with Gasteiger partial charge in [-0.05, 0) is 6.07 Å². The second-order valence-electron chi connectivity index (χ2n) is 2.76. The van der Waals surface area contributed by atoms with Crippen molar-refractivity contribution in [2.45, 2.75) is 6.04 Å². The minimum absolute atomic E-state index is 0. The number of hydrogen-bond acceptors (Lipinski definition) is 2. The van der Waals surface area contributed by atoms with Crippen molar-refractivity contribution in [2.24, 2.45) is 0 Å². The minimum Gasteiger partial charge on any atom is -0.313 e. The van der Waals surface area contributed by atoms with Crippen molar-refractivity contribution in [3.05, 3.63) is 34.7 Å². The van der Waals surface area contributed by atoms with Gasteiger partial charge in [0.25, 0.3) is 5.56 Å². The van der Waals surface area contributed by atoms with Crippen molar-refractivity contribution in [3.8, 4) is 0 Å². The molecule has 1 saturated heterocycles. The van der Waals surface area contributed by atoms with Crippen molar-refractivity contribution < 1.29 is 0 Å². The Hall–Kier alpha value is -0.800. The third-order valence-electron chi connectivity index (χ3n) is 2.00. The lowest BCUT2D eigenvalue weighted by Crippen LogP contribution is -2.46. The number of rotatable bonds is 1. The van der Waals surface area contributed by atoms with Gasteiger partial charge in [-0.1, -0.05) is 6.07 Å². The number of nitrogens with one attached hydrogen (secondary N) is 1. The lowest BCUT2D eigenvalue weighted by molar-refractivity contribution is 0.336. The molecule has 0 aromatic carbocycles. The fraction of sp³-hybridized carbons (Fsp3) is 0.375. The summed E-state index contributed by atoms with van der Waals surface area (Å²) in [5, 5.41) is 3.13. The van der Waals surface area contributed by atoms with Crippen molar-refractivity contribution in [2.75, 3.05) is 13.1 Å². The van der Waals surface area contributed by atoms with Gasteiger partial charge in [0.1, 0.15) is 0 Å². The van der Waals surface area contributed by atoms with Gasteiger partial charge in [0, 0.05) is 25.4 Å². The van der Waals surface area contributed by atoms with E-state index in [0.717, 1.165) is 13.1 Å². The van der Waals surface area contributed by atoms with E-state index in [2.05, 4.69) is 5.32 Å². The molecule has 3 nitrogen and oxygen atoms in total. The van der Waals surface area contributed by atoms with E-state index < -0.39 is 0 Å². The highest BCUT2D eigenvalue weighted by Gasteiger charge is 2.18. The Kier molecular flexibility index (Phi) is 2.89. The molecular formula is C8H11ClN2O. The number of hydrogen-bond donors (Lipinski definition) is 1. The Labute approximate surface area is 76.8 Å². The molecule has 0 spiro atoms. The molecule has 2 rings (SSSR count). The molecule has 0 amide bonds. The highest BCUT2D eigenvalue weighted by molar-refractivity contribution is 5.85. The van der Waals surface area contributed by atoms with E-state index in [-0.39, 0.29) is 18.0 Å². The zero-order valence-corrected chi connectivity index (χ0v) is 7.38. The Morgan fingerprint density at radius 2 is 2.17 bits per heavy atom. The van der Waals surface area contributed by atoms with Crippen LogP contribution in [0.5, 0.6) is 0 Å². The molecule has 1 aliphatic rings. The maximum Gasteiger partial charge on any atom is 0.250 e. The van der Waals surface area contributed by atoms with Gasteiger partial charge in [-0.3, -0.25) is 4.79 Å². The molecule has 0 aliphatic carbocycles. The van der Waals surface area contributed by atoms with Crippen LogP contribution in [0.3, 0.4) is 0 Å². The van der Waals surface area contributed by atoms with E-state index in [4.69, 9.17) is 0 Å². The van der Waals surface area contributed by atoms with Crippen LogP contribution >= 0.6 is 12.4 Å². The number of aromatic nitrogens is 1. The fourth-order valence-electron chi connectivity index (χ4n) is 1.21. The first-order valence-electron chi connectivity index (χ1n) is 3.76. The lowest BCUT2D eigenvalue weighted by atomic mass is 10.2. The van der Waals surface area contributed by atoms with Crippen LogP contribution in [0, 0.1) is 0 Å². The zero-order chi connectivity index (χ0) is 7.68. The van der Waals surface area contributed by atoms with Gasteiger partial charge >= 0.3 is 0 Å². The summed E-state index contributed by atoms with van der Waals surface area (Å²) in [6, 6.07) is 5.63. The maximum atomic E-state index is 11.2. The zero-order valence-electron chi connectivity index (χ0n) is 6.56. The molecule has 1 aromatic heterocycles. The van der Waals surface area contributed by atoms with Crippen LogP contribution in [-0.2, 0) is 0 Å². The van der Waals surface area contributed by atoms with Gasteiger partial charge in [0.15, 0.2) is 0 Å². The van der Waals surface area contributed by atoms with Gasteiger partial charge < -0.3 is 9.88 Å². The molecule has 0 radical (unpaired) electrons. The van der Waals surface area contributed by atoms with E-state index in [1.165, 1.54) is 0 Å². The van der Waals surface area contributed by atoms with Crippen LogP contribution in [-0.4, -0.2) is 17.7 Å². The topological polar surface area (TPSA) is 34.0 Å². The predicted octanol–water partition coefficient (Wildman–Crippen LogP) is 0.414. The minimum atomic E-state index is 0. The molecule has 0 atom stereocenters. The summed E-state index contributed by atoms with van der Waals surface area (Å²) >= 11 is 0. The largest absolute Gasteiger partial charge is 0.313 e. The van der Waals surface area contributed by atoms with E-state index in [1.54, 1.807) is 16.7 Å². The first-order valence-corrected chi connectivity index (χ1v) is 3.76. The van der Waals surface area contributed by atoms with Crippen molar-refractivity contribution in [1.29, 1.82) is 0 Å². The summed E-state index contributed by atoms with van der Waals surface area (Å²) in [7, 11) is 0. The molecule has 0 saturated carbocycles. The summed E-state index contributed by atoms with van der Waals surface area (Å²) < 4.78 is 1.77. The van der Waals surface area contributed by atoms with E-state index >= 15 is 0 Å².